The third-order valence-corrected chi connectivity index (χ3v) is 2.70. The lowest BCUT2D eigenvalue weighted by Crippen LogP contribution is -2.49. The number of hydrogen-bond donors (Lipinski definition) is 3. The number of carbonyl (C=O) groups excluding carboxylic acids is 2. The predicted octanol–water partition coefficient (Wildman–Crippen LogP) is 0.219. The summed E-state index contributed by atoms with van der Waals surface area (Å²) >= 11 is 0. The molecule has 0 radical (unpaired) electrons. The summed E-state index contributed by atoms with van der Waals surface area (Å²) in [5.41, 5.74) is 0. The van der Waals surface area contributed by atoms with Gasteiger partial charge in [-0.25, -0.2) is 4.79 Å². The molecule has 1 rings (SSSR count). The van der Waals surface area contributed by atoms with Gasteiger partial charge < -0.3 is 10.6 Å². The maximum Gasteiger partial charge on any atom is 0.321 e. The first-order chi connectivity index (χ1) is 7.04. The largest absolute Gasteiger partial charge is 0.341 e. The van der Waals surface area contributed by atoms with Crippen molar-refractivity contribution in [1.82, 2.24) is 16.0 Å². The van der Waals surface area contributed by atoms with Gasteiger partial charge in [0.05, 0.1) is 6.04 Å². The summed E-state index contributed by atoms with van der Waals surface area (Å²) in [4.78, 5) is 22.3. The minimum atomic E-state index is -0.465. The van der Waals surface area contributed by atoms with Crippen LogP contribution >= 0.6 is 0 Å². The first-order valence-electron chi connectivity index (χ1n) is 5.33. The fraction of sp³-hybridized carbons (Fsp3) is 0.800. The van der Waals surface area contributed by atoms with Gasteiger partial charge in [0.15, 0.2) is 0 Å². The first kappa shape index (κ1) is 12.0. The fourth-order valence-electron chi connectivity index (χ4n) is 1.48. The molecule has 1 aliphatic carbocycles. The topological polar surface area (TPSA) is 70.2 Å². The number of carbonyl (C=O) groups is 2. The van der Waals surface area contributed by atoms with E-state index in [1.165, 1.54) is 19.9 Å². The summed E-state index contributed by atoms with van der Waals surface area (Å²) in [5.74, 6) is 0.405. The summed E-state index contributed by atoms with van der Waals surface area (Å²) in [5, 5.41) is 7.76. The molecule has 2 atom stereocenters. The molecule has 86 valence electrons. The molecule has 1 fully saturated rings. The van der Waals surface area contributed by atoms with Crippen LogP contribution in [-0.4, -0.2) is 31.1 Å². The summed E-state index contributed by atoms with van der Waals surface area (Å²) in [6, 6.07) is -0.457. The SMILES string of the molecule is CNC(=O)NC(=O)C(C)NC(C)C1CC1. The van der Waals surface area contributed by atoms with Gasteiger partial charge in [-0.3, -0.25) is 10.1 Å². The molecule has 0 aromatic carbocycles. The highest BCUT2D eigenvalue weighted by atomic mass is 16.2. The molecule has 0 aromatic heterocycles. The lowest BCUT2D eigenvalue weighted by atomic mass is 10.2. The average molecular weight is 213 g/mol. The Kier molecular flexibility index (Phi) is 4.08. The van der Waals surface area contributed by atoms with E-state index in [1.54, 1.807) is 6.92 Å². The van der Waals surface area contributed by atoms with Gasteiger partial charge in [0.1, 0.15) is 0 Å². The second kappa shape index (κ2) is 5.11. The minimum Gasteiger partial charge on any atom is -0.341 e. The van der Waals surface area contributed by atoms with Crippen LogP contribution in [0.25, 0.3) is 0 Å². The quantitative estimate of drug-likeness (QED) is 0.625. The number of hydrogen-bond acceptors (Lipinski definition) is 3. The summed E-state index contributed by atoms with van der Waals surface area (Å²) in [7, 11) is 1.48. The van der Waals surface area contributed by atoms with E-state index < -0.39 is 6.03 Å². The van der Waals surface area contributed by atoms with E-state index in [2.05, 4.69) is 22.9 Å². The Morgan fingerprint density at radius 2 is 1.87 bits per heavy atom. The molecule has 0 spiro atoms. The molecule has 2 unspecified atom stereocenters. The van der Waals surface area contributed by atoms with E-state index in [0.29, 0.717) is 12.0 Å². The first-order valence-corrected chi connectivity index (χ1v) is 5.33. The summed E-state index contributed by atoms with van der Waals surface area (Å²) < 4.78 is 0. The summed E-state index contributed by atoms with van der Waals surface area (Å²) in [6.45, 7) is 3.83. The molecule has 0 heterocycles. The van der Waals surface area contributed by atoms with Crippen molar-refractivity contribution in [3.05, 3.63) is 0 Å². The lowest BCUT2D eigenvalue weighted by molar-refractivity contribution is -0.121. The smallest absolute Gasteiger partial charge is 0.321 e. The highest BCUT2D eigenvalue weighted by Crippen LogP contribution is 2.32. The van der Waals surface area contributed by atoms with Crippen molar-refractivity contribution < 1.29 is 9.59 Å². The Balaban J connectivity index is 2.28. The maximum atomic E-state index is 11.5. The molecule has 1 aliphatic rings. The van der Waals surface area contributed by atoms with Gasteiger partial charge in [0, 0.05) is 13.1 Å². The highest BCUT2D eigenvalue weighted by Gasteiger charge is 2.29. The molecule has 15 heavy (non-hydrogen) atoms. The van der Waals surface area contributed by atoms with Gasteiger partial charge in [0.25, 0.3) is 0 Å². The zero-order valence-electron chi connectivity index (χ0n) is 9.46. The van der Waals surface area contributed by atoms with Crippen LogP contribution in [0.5, 0.6) is 0 Å². The van der Waals surface area contributed by atoms with Gasteiger partial charge in [-0.2, -0.15) is 0 Å². The van der Waals surface area contributed by atoms with E-state index in [-0.39, 0.29) is 11.9 Å². The third-order valence-electron chi connectivity index (χ3n) is 2.70. The van der Waals surface area contributed by atoms with Gasteiger partial charge in [-0.1, -0.05) is 0 Å². The van der Waals surface area contributed by atoms with E-state index in [9.17, 15) is 9.59 Å². The molecule has 0 aromatic rings. The molecule has 3 N–H and O–H groups in total. The average Bonchev–Trinajstić information content (AvgIpc) is 3.00. The molecule has 5 heteroatoms. The van der Waals surface area contributed by atoms with Gasteiger partial charge in [-0.05, 0) is 32.6 Å². The monoisotopic (exact) mass is 213 g/mol. The normalized spacial score (nSPS) is 19.1. The van der Waals surface area contributed by atoms with Crippen molar-refractivity contribution in [2.75, 3.05) is 7.05 Å². The van der Waals surface area contributed by atoms with E-state index in [0.717, 1.165) is 0 Å². The lowest BCUT2D eigenvalue weighted by Gasteiger charge is -2.18. The standard InChI is InChI=1S/C10H19N3O2/c1-6(8-4-5-8)12-7(2)9(14)13-10(15)11-3/h6-8,12H,4-5H2,1-3H3,(H2,11,13,14,15). The Labute approximate surface area is 90.0 Å². The molecule has 0 saturated heterocycles. The molecular formula is C10H19N3O2. The Morgan fingerprint density at radius 1 is 1.27 bits per heavy atom. The number of imide groups is 1. The zero-order chi connectivity index (χ0) is 11.4. The van der Waals surface area contributed by atoms with Crippen LogP contribution in [0.15, 0.2) is 0 Å². The van der Waals surface area contributed by atoms with Crippen molar-refractivity contribution in [1.29, 1.82) is 0 Å². The Bertz CT molecular complexity index is 251. The Morgan fingerprint density at radius 3 is 2.33 bits per heavy atom. The summed E-state index contributed by atoms with van der Waals surface area (Å²) in [6.07, 6.45) is 2.47. The van der Waals surface area contributed by atoms with Crippen LogP contribution in [0.3, 0.4) is 0 Å². The number of amides is 3. The highest BCUT2D eigenvalue weighted by molar-refractivity contribution is 5.96. The van der Waals surface area contributed by atoms with E-state index in [4.69, 9.17) is 0 Å². The molecule has 3 amide bonds. The van der Waals surface area contributed by atoms with Crippen LogP contribution < -0.4 is 16.0 Å². The van der Waals surface area contributed by atoms with Crippen LogP contribution in [-0.2, 0) is 4.79 Å². The van der Waals surface area contributed by atoms with Crippen molar-refractivity contribution in [3.8, 4) is 0 Å². The molecule has 1 saturated carbocycles. The maximum absolute atomic E-state index is 11.5. The van der Waals surface area contributed by atoms with E-state index in [1.807, 2.05) is 0 Å². The second-order valence-corrected chi connectivity index (χ2v) is 4.08. The van der Waals surface area contributed by atoms with Gasteiger partial charge in [0.2, 0.25) is 5.91 Å². The van der Waals surface area contributed by atoms with Crippen molar-refractivity contribution in [3.63, 3.8) is 0 Å². The van der Waals surface area contributed by atoms with Crippen LogP contribution in [0.4, 0.5) is 4.79 Å². The van der Waals surface area contributed by atoms with Crippen molar-refractivity contribution in [2.45, 2.75) is 38.8 Å². The van der Waals surface area contributed by atoms with Crippen LogP contribution in [0.1, 0.15) is 26.7 Å². The molecular weight excluding hydrogens is 194 g/mol. The second-order valence-electron chi connectivity index (χ2n) is 4.08. The van der Waals surface area contributed by atoms with Gasteiger partial charge in [-0.15, -0.1) is 0 Å². The van der Waals surface area contributed by atoms with Crippen LogP contribution in [0.2, 0.25) is 0 Å². The number of nitrogens with one attached hydrogen (secondary N) is 3. The number of rotatable bonds is 4. The zero-order valence-corrected chi connectivity index (χ0v) is 9.46. The Hall–Kier alpha value is -1.10. The molecule has 0 aliphatic heterocycles. The number of urea groups is 1. The van der Waals surface area contributed by atoms with Crippen molar-refractivity contribution >= 4 is 11.9 Å². The molecule has 0 bridgehead atoms. The predicted molar refractivity (Wildman–Crippen MR) is 57.4 cm³/mol. The molecule has 5 nitrogen and oxygen atoms in total. The van der Waals surface area contributed by atoms with Gasteiger partial charge >= 0.3 is 6.03 Å². The fourth-order valence-corrected chi connectivity index (χ4v) is 1.48. The van der Waals surface area contributed by atoms with E-state index >= 15 is 0 Å². The third kappa shape index (κ3) is 3.87. The van der Waals surface area contributed by atoms with Crippen molar-refractivity contribution in [2.24, 2.45) is 5.92 Å². The minimum absolute atomic E-state index is 0.290. The van der Waals surface area contributed by atoms with Crippen LogP contribution in [0, 0.1) is 5.92 Å².